The summed E-state index contributed by atoms with van der Waals surface area (Å²) in [6.45, 7) is 0.183. The number of thiazole rings is 1. The maximum atomic E-state index is 11.7. The Morgan fingerprint density at radius 2 is 2.15 bits per heavy atom. The Morgan fingerprint density at radius 1 is 1.50 bits per heavy atom. The summed E-state index contributed by atoms with van der Waals surface area (Å²) in [6.07, 6.45) is 1.10. The zero-order valence-electron chi connectivity index (χ0n) is 11.0. The van der Waals surface area contributed by atoms with Crippen LogP contribution in [0.25, 0.3) is 0 Å². The average Bonchev–Trinajstić information content (AvgIpc) is 2.81. The molecule has 2 amide bonds. The van der Waals surface area contributed by atoms with Gasteiger partial charge in [-0.15, -0.1) is 11.3 Å². The van der Waals surface area contributed by atoms with E-state index in [0.717, 1.165) is 17.6 Å². The van der Waals surface area contributed by atoms with Crippen LogP contribution >= 0.6 is 11.3 Å². The Kier molecular flexibility index (Phi) is 5.45. The van der Waals surface area contributed by atoms with Crippen LogP contribution in [0.1, 0.15) is 15.5 Å². The van der Waals surface area contributed by atoms with Crippen LogP contribution in [0.3, 0.4) is 0 Å². The van der Waals surface area contributed by atoms with Crippen LogP contribution in [-0.2, 0) is 16.4 Å². The number of nitrogens with one attached hydrogen (secondary N) is 1. The summed E-state index contributed by atoms with van der Waals surface area (Å²) in [7, 11) is -1.65. The minimum atomic E-state index is -3.12. The number of hydrogen-bond donors (Lipinski definition) is 2. The molecule has 0 fully saturated rings. The molecule has 0 bridgehead atoms. The first-order chi connectivity index (χ1) is 9.19. The fourth-order valence-corrected chi connectivity index (χ4v) is 2.49. The predicted octanol–water partition coefficient (Wildman–Crippen LogP) is 0.0273. The minimum absolute atomic E-state index is 0.0651. The highest BCUT2D eigenvalue weighted by Crippen LogP contribution is 2.09. The number of carboxylic acids is 1. The molecule has 0 radical (unpaired) electrons. The van der Waals surface area contributed by atoms with Crippen LogP contribution in [0.2, 0.25) is 0 Å². The summed E-state index contributed by atoms with van der Waals surface area (Å²) in [6, 6.07) is -0.444. The fraction of sp³-hybridized carbons (Fsp3) is 0.500. The summed E-state index contributed by atoms with van der Waals surface area (Å²) >= 11 is 1.13. The van der Waals surface area contributed by atoms with Crippen LogP contribution in [0.15, 0.2) is 5.38 Å². The number of aromatic carboxylic acids is 1. The van der Waals surface area contributed by atoms with E-state index < -0.39 is 21.8 Å². The summed E-state index contributed by atoms with van der Waals surface area (Å²) in [5, 5.41) is 13.1. The molecule has 0 saturated carbocycles. The smallest absolute Gasteiger partial charge is 0.355 e. The van der Waals surface area contributed by atoms with Crippen molar-refractivity contribution in [3.63, 3.8) is 0 Å². The molecule has 0 saturated heterocycles. The zero-order chi connectivity index (χ0) is 15.3. The molecule has 0 spiro atoms. The number of carbonyl (C=O) groups is 2. The number of aromatic nitrogens is 1. The van der Waals surface area contributed by atoms with Gasteiger partial charge in [0.25, 0.3) is 0 Å². The summed E-state index contributed by atoms with van der Waals surface area (Å²) < 4.78 is 22.0. The van der Waals surface area contributed by atoms with Gasteiger partial charge in [-0.1, -0.05) is 0 Å². The van der Waals surface area contributed by atoms with Gasteiger partial charge in [-0.05, 0) is 0 Å². The third-order valence-electron chi connectivity index (χ3n) is 2.31. The second-order valence-electron chi connectivity index (χ2n) is 4.14. The number of amides is 2. The number of nitrogens with zero attached hydrogens (tertiary/aromatic N) is 2. The lowest BCUT2D eigenvalue weighted by atomic mass is 10.5. The quantitative estimate of drug-likeness (QED) is 0.763. The normalized spacial score (nSPS) is 11.1. The topological polar surface area (TPSA) is 117 Å². The van der Waals surface area contributed by atoms with E-state index in [1.54, 1.807) is 0 Å². The van der Waals surface area contributed by atoms with Gasteiger partial charge in [-0.2, -0.15) is 0 Å². The Bertz CT molecular complexity index is 596. The predicted molar refractivity (Wildman–Crippen MR) is 73.6 cm³/mol. The maximum Gasteiger partial charge on any atom is 0.355 e. The SMILES string of the molecule is CN(CCS(C)(=O)=O)C(=O)NCc1nc(C(=O)O)cs1. The van der Waals surface area contributed by atoms with Crippen LogP contribution in [0, 0.1) is 0 Å². The third kappa shape index (κ3) is 5.53. The van der Waals surface area contributed by atoms with Crippen molar-refractivity contribution in [2.75, 3.05) is 25.6 Å². The van der Waals surface area contributed by atoms with Crippen molar-refractivity contribution in [3.8, 4) is 0 Å². The van der Waals surface area contributed by atoms with E-state index >= 15 is 0 Å². The lowest BCUT2D eigenvalue weighted by Crippen LogP contribution is -2.39. The third-order valence-corrected chi connectivity index (χ3v) is 4.08. The Hall–Kier alpha value is -1.68. The fourth-order valence-electron chi connectivity index (χ4n) is 1.18. The average molecular weight is 321 g/mol. The number of urea groups is 1. The van der Waals surface area contributed by atoms with E-state index in [2.05, 4.69) is 10.3 Å². The van der Waals surface area contributed by atoms with Gasteiger partial charge < -0.3 is 15.3 Å². The van der Waals surface area contributed by atoms with Gasteiger partial charge in [0.05, 0.1) is 12.3 Å². The first-order valence-corrected chi connectivity index (χ1v) is 8.47. The number of hydrogen-bond acceptors (Lipinski definition) is 6. The molecule has 1 aromatic heterocycles. The van der Waals surface area contributed by atoms with Crippen molar-refractivity contribution in [1.82, 2.24) is 15.2 Å². The van der Waals surface area contributed by atoms with Crippen molar-refractivity contribution in [2.45, 2.75) is 6.54 Å². The summed E-state index contributed by atoms with van der Waals surface area (Å²) in [5.41, 5.74) is -0.0651. The molecule has 2 N–H and O–H groups in total. The number of sulfone groups is 1. The van der Waals surface area contributed by atoms with Crippen molar-refractivity contribution < 1.29 is 23.1 Å². The van der Waals surface area contributed by atoms with E-state index in [9.17, 15) is 18.0 Å². The largest absolute Gasteiger partial charge is 0.476 e. The zero-order valence-corrected chi connectivity index (χ0v) is 12.6. The van der Waals surface area contributed by atoms with E-state index in [1.165, 1.54) is 17.3 Å². The van der Waals surface area contributed by atoms with Gasteiger partial charge in [-0.25, -0.2) is 23.0 Å². The van der Waals surface area contributed by atoms with Gasteiger partial charge in [-0.3, -0.25) is 0 Å². The van der Waals surface area contributed by atoms with Gasteiger partial charge in [0.15, 0.2) is 5.69 Å². The molecule has 0 unspecified atom stereocenters. The molecule has 0 aliphatic heterocycles. The number of carboxylic acid groups (broad SMARTS) is 1. The van der Waals surface area contributed by atoms with Crippen molar-refractivity contribution in [2.24, 2.45) is 0 Å². The van der Waals surface area contributed by atoms with Crippen LogP contribution < -0.4 is 5.32 Å². The first-order valence-electron chi connectivity index (χ1n) is 5.53. The van der Waals surface area contributed by atoms with Gasteiger partial charge in [0.2, 0.25) is 0 Å². The molecule has 1 aromatic rings. The standard InChI is InChI=1S/C10H15N3O5S2/c1-13(3-4-20(2,17)18)10(16)11-5-8-12-7(6-19-8)9(14)15/h6H,3-5H2,1-2H3,(H,11,16)(H,14,15). The van der Waals surface area contributed by atoms with Crippen LogP contribution in [-0.4, -0.2) is 61.0 Å². The van der Waals surface area contributed by atoms with Gasteiger partial charge >= 0.3 is 12.0 Å². The number of carbonyl (C=O) groups excluding carboxylic acids is 1. The molecule has 1 heterocycles. The molecule has 112 valence electrons. The molecular weight excluding hydrogens is 306 g/mol. The highest BCUT2D eigenvalue weighted by molar-refractivity contribution is 7.90. The van der Waals surface area contributed by atoms with Crippen molar-refractivity contribution >= 4 is 33.2 Å². The Balaban J connectivity index is 2.44. The molecule has 1 rings (SSSR count). The molecule has 8 nitrogen and oxygen atoms in total. The molecule has 0 aliphatic rings. The Labute approximate surface area is 120 Å². The van der Waals surface area contributed by atoms with E-state index in [4.69, 9.17) is 5.11 Å². The molecule has 10 heteroatoms. The van der Waals surface area contributed by atoms with Crippen molar-refractivity contribution in [1.29, 1.82) is 0 Å². The van der Waals surface area contributed by atoms with Gasteiger partial charge in [0, 0.05) is 25.2 Å². The number of rotatable bonds is 6. The highest BCUT2D eigenvalue weighted by Gasteiger charge is 2.13. The second kappa shape index (κ2) is 6.66. The molecule has 0 aliphatic carbocycles. The Morgan fingerprint density at radius 3 is 2.65 bits per heavy atom. The first kappa shape index (κ1) is 16.4. The van der Waals surface area contributed by atoms with Gasteiger partial charge in [0.1, 0.15) is 14.8 Å². The van der Waals surface area contributed by atoms with E-state index in [0.29, 0.717) is 5.01 Å². The second-order valence-corrected chi connectivity index (χ2v) is 7.34. The van der Waals surface area contributed by atoms with Crippen molar-refractivity contribution in [3.05, 3.63) is 16.1 Å². The minimum Gasteiger partial charge on any atom is -0.476 e. The van der Waals surface area contributed by atoms with Crippen LogP contribution in [0.4, 0.5) is 4.79 Å². The maximum absolute atomic E-state index is 11.7. The van der Waals surface area contributed by atoms with E-state index in [-0.39, 0.29) is 24.5 Å². The molecule has 0 aromatic carbocycles. The molecule has 20 heavy (non-hydrogen) atoms. The highest BCUT2D eigenvalue weighted by atomic mass is 32.2. The summed E-state index contributed by atoms with van der Waals surface area (Å²) in [4.78, 5) is 27.3. The lowest BCUT2D eigenvalue weighted by Gasteiger charge is -2.16. The lowest BCUT2D eigenvalue weighted by molar-refractivity contribution is 0.0691. The molecular formula is C10H15N3O5S2. The van der Waals surface area contributed by atoms with E-state index in [1.807, 2.05) is 0 Å². The monoisotopic (exact) mass is 321 g/mol. The summed E-state index contributed by atoms with van der Waals surface area (Å²) in [5.74, 6) is -1.23. The van der Waals surface area contributed by atoms with Crippen LogP contribution in [0.5, 0.6) is 0 Å². The molecule has 0 atom stereocenters.